The van der Waals surface area contributed by atoms with Crippen LogP contribution in [0, 0.1) is 17.0 Å². The summed E-state index contributed by atoms with van der Waals surface area (Å²) in [5, 5.41) is 22.5. The molecule has 0 aromatic carbocycles. The van der Waals surface area contributed by atoms with Crippen molar-refractivity contribution < 1.29 is 14.8 Å². The molecule has 2 aromatic rings. The summed E-state index contributed by atoms with van der Waals surface area (Å²) >= 11 is 0. The predicted octanol–water partition coefficient (Wildman–Crippen LogP) is 2.00. The van der Waals surface area contributed by atoms with Crippen LogP contribution < -0.4 is 5.32 Å². The highest BCUT2D eigenvalue weighted by molar-refractivity contribution is 5.85. The molecule has 0 aliphatic rings. The first-order valence-electron chi connectivity index (χ1n) is 6.00. The molecule has 0 atom stereocenters. The van der Waals surface area contributed by atoms with Crippen molar-refractivity contribution in [2.24, 2.45) is 0 Å². The van der Waals surface area contributed by atoms with Crippen LogP contribution >= 0.6 is 0 Å². The fourth-order valence-electron chi connectivity index (χ4n) is 1.65. The van der Waals surface area contributed by atoms with Gasteiger partial charge >= 0.3 is 5.97 Å². The Kier molecular flexibility index (Phi) is 4.07. The zero-order valence-corrected chi connectivity index (χ0v) is 11.1. The first-order chi connectivity index (χ1) is 9.97. The number of carboxylic acid groups (broad SMARTS) is 1. The Morgan fingerprint density at radius 2 is 2.14 bits per heavy atom. The fraction of sp³-hybridized carbons (Fsp3) is 0.154. The van der Waals surface area contributed by atoms with Crippen LogP contribution in [0.15, 0.2) is 30.6 Å². The third-order valence-electron chi connectivity index (χ3n) is 2.79. The van der Waals surface area contributed by atoms with Gasteiger partial charge in [-0.2, -0.15) is 0 Å². The van der Waals surface area contributed by atoms with Gasteiger partial charge in [0.2, 0.25) is 0 Å². The summed E-state index contributed by atoms with van der Waals surface area (Å²) in [5.41, 5.74) is 1.18. The maximum atomic E-state index is 10.8. The van der Waals surface area contributed by atoms with E-state index in [1.54, 1.807) is 13.0 Å². The largest absolute Gasteiger partial charge is 0.477 e. The molecule has 2 heterocycles. The lowest BCUT2D eigenvalue weighted by molar-refractivity contribution is -0.385. The van der Waals surface area contributed by atoms with Crippen molar-refractivity contribution >= 4 is 17.5 Å². The topological polar surface area (TPSA) is 118 Å². The number of carboxylic acids is 1. The number of carbonyl (C=O) groups is 1. The SMILES string of the molecule is Cc1cnc(NCc2ccc(C(=O)O)nc2)cc1[N+](=O)[O-]. The summed E-state index contributed by atoms with van der Waals surface area (Å²) in [7, 11) is 0. The normalized spacial score (nSPS) is 10.1. The number of pyridine rings is 2. The van der Waals surface area contributed by atoms with Crippen LogP contribution in [0.1, 0.15) is 21.6 Å². The molecular formula is C13H12N4O4. The van der Waals surface area contributed by atoms with Gasteiger partial charge in [0.1, 0.15) is 11.5 Å². The quantitative estimate of drug-likeness (QED) is 0.638. The number of nitrogens with one attached hydrogen (secondary N) is 1. The lowest BCUT2D eigenvalue weighted by Crippen LogP contribution is -2.05. The van der Waals surface area contributed by atoms with E-state index in [0.717, 1.165) is 5.56 Å². The summed E-state index contributed by atoms with van der Waals surface area (Å²) in [4.78, 5) is 28.9. The molecule has 0 spiro atoms. The highest BCUT2D eigenvalue weighted by Crippen LogP contribution is 2.20. The summed E-state index contributed by atoms with van der Waals surface area (Å²) in [6.07, 6.45) is 2.85. The number of anilines is 1. The monoisotopic (exact) mass is 288 g/mol. The van der Waals surface area contributed by atoms with Crippen molar-refractivity contribution in [3.63, 3.8) is 0 Å². The van der Waals surface area contributed by atoms with Gasteiger partial charge in [0, 0.05) is 24.5 Å². The molecule has 0 fully saturated rings. The van der Waals surface area contributed by atoms with E-state index in [4.69, 9.17) is 5.11 Å². The molecule has 0 saturated carbocycles. The molecule has 2 rings (SSSR count). The minimum absolute atomic E-state index is 0.00755. The Balaban J connectivity index is 2.07. The van der Waals surface area contributed by atoms with E-state index in [0.29, 0.717) is 17.9 Å². The molecule has 0 aliphatic carbocycles. The fourth-order valence-corrected chi connectivity index (χ4v) is 1.65. The standard InChI is InChI=1S/C13H12N4O4/c1-8-5-15-12(4-11(8)17(20)21)16-7-9-2-3-10(13(18)19)14-6-9/h2-6H,7H2,1H3,(H,15,16)(H,18,19). The molecule has 2 aromatic heterocycles. The molecule has 108 valence electrons. The van der Waals surface area contributed by atoms with E-state index < -0.39 is 10.9 Å². The van der Waals surface area contributed by atoms with Crippen LogP contribution in [-0.4, -0.2) is 26.0 Å². The molecule has 8 nitrogen and oxygen atoms in total. The van der Waals surface area contributed by atoms with Crippen molar-refractivity contribution in [2.75, 3.05) is 5.32 Å². The van der Waals surface area contributed by atoms with Gasteiger partial charge in [0.25, 0.3) is 5.69 Å². The Labute approximate surface area is 119 Å². The number of nitro groups is 1. The average Bonchev–Trinajstić information content (AvgIpc) is 2.46. The van der Waals surface area contributed by atoms with Gasteiger partial charge in [-0.15, -0.1) is 0 Å². The van der Waals surface area contributed by atoms with Gasteiger partial charge in [-0.1, -0.05) is 6.07 Å². The Morgan fingerprint density at radius 1 is 1.38 bits per heavy atom. The van der Waals surface area contributed by atoms with Crippen LogP contribution in [0.2, 0.25) is 0 Å². The second kappa shape index (κ2) is 5.95. The number of nitrogens with zero attached hydrogens (tertiary/aromatic N) is 3. The van der Waals surface area contributed by atoms with Gasteiger partial charge < -0.3 is 10.4 Å². The molecule has 0 radical (unpaired) electrons. The Hall–Kier alpha value is -3.03. The van der Waals surface area contributed by atoms with Crippen LogP contribution in [-0.2, 0) is 6.54 Å². The van der Waals surface area contributed by atoms with E-state index in [2.05, 4.69) is 15.3 Å². The maximum Gasteiger partial charge on any atom is 0.354 e. The third kappa shape index (κ3) is 3.50. The van der Waals surface area contributed by atoms with Crippen LogP contribution in [0.4, 0.5) is 11.5 Å². The Bertz CT molecular complexity index is 685. The van der Waals surface area contributed by atoms with E-state index in [1.807, 2.05) is 0 Å². The number of hydrogen-bond donors (Lipinski definition) is 2. The number of aryl methyl sites for hydroxylation is 1. The number of rotatable bonds is 5. The van der Waals surface area contributed by atoms with Crippen molar-refractivity contribution in [1.82, 2.24) is 9.97 Å². The highest BCUT2D eigenvalue weighted by atomic mass is 16.6. The highest BCUT2D eigenvalue weighted by Gasteiger charge is 2.12. The molecule has 0 amide bonds. The first kappa shape index (κ1) is 14.4. The van der Waals surface area contributed by atoms with Crippen LogP contribution in [0.5, 0.6) is 0 Å². The summed E-state index contributed by atoms with van der Waals surface area (Å²) in [6.45, 7) is 1.95. The molecule has 0 unspecified atom stereocenters. The minimum atomic E-state index is -1.09. The third-order valence-corrected chi connectivity index (χ3v) is 2.79. The number of aromatic carboxylic acids is 1. The minimum Gasteiger partial charge on any atom is -0.477 e. The summed E-state index contributed by atoms with van der Waals surface area (Å²) in [6, 6.07) is 4.37. The van der Waals surface area contributed by atoms with E-state index in [9.17, 15) is 14.9 Å². The lowest BCUT2D eigenvalue weighted by Gasteiger charge is -2.06. The predicted molar refractivity (Wildman–Crippen MR) is 74.2 cm³/mol. The Morgan fingerprint density at radius 3 is 2.71 bits per heavy atom. The van der Waals surface area contributed by atoms with E-state index in [-0.39, 0.29) is 11.4 Å². The molecule has 0 bridgehead atoms. The molecule has 21 heavy (non-hydrogen) atoms. The first-order valence-corrected chi connectivity index (χ1v) is 6.00. The summed E-state index contributed by atoms with van der Waals surface area (Å²) < 4.78 is 0. The van der Waals surface area contributed by atoms with Crippen LogP contribution in [0.3, 0.4) is 0 Å². The second-order valence-electron chi connectivity index (χ2n) is 4.32. The van der Waals surface area contributed by atoms with Gasteiger partial charge in [-0.05, 0) is 18.6 Å². The van der Waals surface area contributed by atoms with Crippen molar-refractivity contribution in [1.29, 1.82) is 0 Å². The van der Waals surface area contributed by atoms with E-state index >= 15 is 0 Å². The lowest BCUT2D eigenvalue weighted by atomic mass is 10.2. The van der Waals surface area contributed by atoms with Gasteiger partial charge in [0.15, 0.2) is 0 Å². The van der Waals surface area contributed by atoms with Crippen molar-refractivity contribution in [2.45, 2.75) is 13.5 Å². The van der Waals surface area contributed by atoms with Gasteiger partial charge in [-0.3, -0.25) is 10.1 Å². The number of aromatic nitrogens is 2. The van der Waals surface area contributed by atoms with Crippen LogP contribution in [0.25, 0.3) is 0 Å². The van der Waals surface area contributed by atoms with Crippen molar-refractivity contribution in [3.8, 4) is 0 Å². The molecule has 0 saturated heterocycles. The molecular weight excluding hydrogens is 276 g/mol. The smallest absolute Gasteiger partial charge is 0.354 e. The average molecular weight is 288 g/mol. The zero-order valence-electron chi connectivity index (χ0n) is 11.1. The maximum absolute atomic E-state index is 10.8. The zero-order chi connectivity index (χ0) is 15.4. The molecule has 2 N–H and O–H groups in total. The van der Waals surface area contributed by atoms with E-state index in [1.165, 1.54) is 24.5 Å². The van der Waals surface area contributed by atoms with Gasteiger partial charge in [-0.25, -0.2) is 14.8 Å². The van der Waals surface area contributed by atoms with Gasteiger partial charge in [0.05, 0.1) is 11.0 Å². The number of hydrogen-bond acceptors (Lipinski definition) is 6. The molecule has 0 aliphatic heterocycles. The van der Waals surface area contributed by atoms with Crippen molar-refractivity contribution in [3.05, 3.63) is 57.5 Å². The molecule has 8 heteroatoms. The summed E-state index contributed by atoms with van der Waals surface area (Å²) in [5.74, 6) is -0.722. The second-order valence-corrected chi connectivity index (χ2v) is 4.32.